The molecule has 0 amide bonds. The first-order valence-corrected chi connectivity index (χ1v) is 5.37. The Morgan fingerprint density at radius 1 is 1.20 bits per heavy atom. The molecule has 0 radical (unpaired) electrons. The average Bonchev–Trinajstić information content (AvgIpc) is 2.22. The average molecular weight is 216 g/mol. The van der Waals surface area contributed by atoms with Gasteiger partial charge in [0.2, 0.25) is 0 Å². The second-order valence-corrected chi connectivity index (χ2v) is 3.73. The lowest BCUT2D eigenvalue weighted by molar-refractivity contribution is -0.168. The van der Waals surface area contributed by atoms with Crippen LogP contribution in [0.4, 0.5) is 0 Å². The minimum Gasteiger partial charge on any atom is -0.480 e. The highest BCUT2D eigenvalue weighted by molar-refractivity contribution is 5.99. The number of methoxy groups -OCH3 is 1. The van der Waals surface area contributed by atoms with E-state index >= 15 is 0 Å². The van der Waals surface area contributed by atoms with Crippen molar-refractivity contribution in [1.82, 2.24) is 0 Å². The van der Waals surface area contributed by atoms with Gasteiger partial charge in [-0.25, -0.2) is 0 Å². The van der Waals surface area contributed by atoms with E-state index in [4.69, 9.17) is 0 Å². The van der Waals surface area contributed by atoms with Gasteiger partial charge in [0.15, 0.2) is 5.41 Å². The highest BCUT2D eigenvalue weighted by Crippen LogP contribution is 2.32. The minimum atomic E-state index is -1.33. The number of rotatable bonds is 7. The van der Waals surface area contributed by atoms with E-state index in [9.17, 15) is 14.7 Å². The Morgan fingerprint density at radius 3 is 2.13 bits per heavy atom. The Labute approximate surface area is 90.6 Å². The predicted octanol–water partition coefficient (Wildman–Crippen LogP) is 2.22. The monoisotopic (exact) mass is 216 g/mol. The molecule has 1 unspecified atom stereocenters. The fourth-order valence-corrected chi connectivity index (χ4v) is 1.73. The summed E-state index contributed by atoms with van der Waals surface area (Å²) in [6, 6.07) is 0. The van der Waals surface area contributed by atoms with Crippen LogP contribution in [0.5, 0.6) is 0 Å². The zero-order valence-corrected chi connectivity index (χ0v) is 9.71. The molecule has 0 aromatic rings. The quantitative estimate of drug-likeness (QED) is 0.523. The summed E-state index contributed by atoms with van der Waals surface area (Å²) < 4.78 is 4.61. The third-order valence-corrected chi connectivity index (χ3v) is 2.62. The number of esters is 1. The maximum Gasteiger partial charge on any atom is 0.323 e. The summed E-state index contributed by atoms with van der Waals surface area (Å²) in [4.78, 5) is 22.8. The molecule has 0 aromatic heterocycles. The number of unbranched alkanes of at least 4 members (excludes halogenated alkanes) is 1. The number of carboxylic acids is 1. The smallest absolute Gasteiger partial charge is 0.323 e. The second-order valence-electron chi connectivity index (χ2n) is 3.73. The lowest BCUT2D eigenvalue weighted by Gasteiger charge is -2.25. The molecule has 0 saturated carbocycles. The zero-order valence-electron chi connectivity index (χ0n) is 9.71. The molecule has 0 fully saturated rings. The van der Waals surface area contributed by atoms with Gasteiger partial charge in [0.25, 0.3) is 0 Å². The van der Waals surface area contributed by atoms with E-state index in [-0.39, 0.29) is 0 Å². The van der Waals surface area contributed by atoms with Crippen molar-refractivity contribution in [1.29, 1.82) is 0 Å². The molecule has 0 aromatic carbocycles. The number of aliphatic carboxylic acids is 1. The van der Waals surface area contributed by atoms with E-state index < -0.39 is 17.4 Å². The number of carbonyl (C=O) groups is 2. The van der Waals surface area contributed by atoms with Crippen LogP contribution in [0.3, 0.4) is 0 Å². The Kier molecular flexibility index (Phi) is 5.97. The fourth-order valence-electron chi connectivity index (χ4n) is 1.73. The van der Waals surface area contributed by atoms with Crippen LogP contribution in [-0.2, 0) is 14.3 Å². The largest absolute Gasteiger partial charge is 0.480 e. The molecule has 0 aliphatic carbocycles. The van der Waals surface area contributed by atoms with E-state index in [0.29, 0.717) is 19.3 Å². The first-order valence-electron chi connectivity index (χ1n) is 5.37. The third kappa shape index (κ3) is 3.22. The van der Waals surface area contributed by atoms with E-state index in [2.05, 4.69) is 4.74 Å². The molecule has 4 nitrogen and oxygen atoms in total. The van der Waals surface area contributed by atoms with Crippen LogP contribution < -0.4 is 0 Å². The van der Waals surface area contributed by atoms with Crippen LogP contribution in [0.25, 0.3) is 0 Å². The van der Waals surface area contributed by atoms with E-state index in [1.807, 2.05) is 13.8 Å². The molecule has 1 atom stereocenters. The second kappa shape index (κ2) is 6.43. The van der Waals surface area contributed by atoms with Crippen LogP contribution in [0.2, 0.25) is 0 Å². The zero-order chi connectivity index (χ0) is 11.9. The van der Waals surface area contributed by atoms with Gasteiger partial charge >= 0.3 is 11.9 Å². The van der Waals surface area contributed by atoms with E-state index in [1.165, 1.54) is 7.11 Å². The summed E-state index contributed by atoms with van der Waals surface area (Å²) in [6.07, 6.45) is 2.95. The molecule has 0 aliphatic rings. The van der Waals surface area contributed by atoms with Gasteiger partial charge in [0.05, 0.1) is 7.11 Å². The summed E-state index contributed by atoms with van der Waals surface area (Å²) >= 11 is 0. The number of hydrogen-bond donors (Lipinski definition) is 1. The van der Waals surface area contributed by atoms with Gasteiger partial charge in [-0.1, -0.05) is 33.1 Å². The summed E-state index contributed by atoms with van der Waals surface area (Å²) in [5.74, 6) is -1.69. The Morgan fingerprint density at radius 2 is 1.80 bits per heavy atom. The van der Waals surface area contributed by atoms with Crippen LogP contribution in [0.1, 0.15) is 46.0 Å². The van der Waals surface area contributed by atoms with Gasteiger partial charge in [-0.05, 0) is 12.8 Å². The van der Waals surface area contributed by atoms with Crippen molar-refractivity contribution < 1.29 is 19.4 Å². The first kappa shape index (κ1) is 13.9. The van der Waals surface area contributed by atoms with E-state index in [0.717, 1.165) is 12.8 Å². The summed E-state index contributed by atoms with van der Waals surface area (Å²) in [5.41, 5.74) is -1.33. The van der Waals surface area contributed by atoms with E-state index in [1.54, 1.807) is 0 Å². The molecule has 0 spiro atoms. The van der Waals surface area contributed by atoms with Crippen molar-refractivity contribution in [2.45, 2.75) is 46.0 Å². The lowest BCUT2D eigenvalue weighted by Crippen LogP contribution is -2.40. The molecule has 88 valence electrons. The van der Waals surface area contributed by atoms with Gasteiger partial charge in [0, 0.05) is 0 Å². The molecule has 0 saturated heterocycles. The van der Waals surface area contributed by atoms with Crippen molar-refractivity contribution in [2.24, 2.45) is 5.41 Å². The number of carbonyl (C=O) groups excluding carboxylic acids is 1. The van der Waals surface area contributed by atoms with Gasteiger partial charge in [-0.15, -0.1) is 0 Å². The fraction of sp³-hybridized carbons (Fsp3) is 0.818. The van der Waals surface area contributed by atoms with Crippen molar-refractivity contribution in [3.05, 3.63) is 0 Å². The molecule has 0 aliphatic heterocycles. The maximum absolute atomic E-state index is 11.6. The summed E-state index contributed by atoms with van der Waals surface area (Å²) in [5, 5.41) is 9.18. The van der Waals surface area contributed by atoms with Crippen LogP contribution >= 0.6 is 0 Å². The van der Waals surface area contributed by atoms with Crippen molar-refractivity contribution in [2.75, 3.05) is 7.11 Å². The standard InChI is InChI=1S/C11H20O4/c1-4-6-8-11(7-5-2,9(12)13)10(14)15-3/h4-8H2,1-3H3,(H,12,13). The molecule has 0 rings (SSSR count). The van der Waals surface area contributed by atoms with Crippen LogP contribution in [-0.4, -0.2) is 24.2 Å². The molecule has 15 heavy (non-hydrogen) atoms. The number of ether oxygens (including phenoxy) is 1. The molecular weight excluding hydrogens is 196 g/mol. The number of carboxylic acid groups (broad SMARTS) is 1. The molecule has 0 bridgehead atoms. The minimum absolute atomic E-state index is 0.342. The lowest BCUT2D eigenvalue weighted by atomic mass is 9.79. The van der Waals surface area contributed by atoms with Crippen molar-refractivity contribution in [3.63, 3.8) is 0 Å². The van der Waals surface area contributed by atoms with Gasteiger partial charge in [-0.3, -0.25) is 9.59 Å². The van der Waals surface area contributed by atoms with Crippen molar-refractivity contribution in [3.8, 4) is 0 Å². The SMILES string of the molecule is CCCCC(CCC)(C(=O)O)C(=O)OC. The van der Waals surface area contributed by atoms with Gasteiger partial charge in [0.1, 0.15) is 0 Å². The normalized spacial score (nSPS) is 14.3. The van der Waals surface area contributed by atoms with Gasteiger partial charge < -0.3 is 9.84 Å². The Bertz CT molecular complexity index is 225. The Balaban J connectivity index is 4.88. The summed E-state index contributed by atoms with van der Waals surface area (Å²) in [7, 11) is 1.24. The third-order valence-electron chi connectivity index (χ3n) is 2.62. The molecule has 0 heterocycles. The summed E-state index contributed by atoms with van der Waals surface area (Å²) in [6.45, 7) is 3.84. The highest BCUT2D eigenvalue weighted by atomic mass is 16.5. The predicted molar refractivity (Wildman–Crippen MR) is 56.5 cm³/mol. The maximum atomic E-state index is 11.6. The van der Waals surface area contributed by atoms with Crippen LogP contribution in [0, 0.1) is 5.41 Å². The topological polar surface area (TPSA) is 63.6 Å². The highest BCUT2D eigenvalue weighted by Gasteiger charge is 2.45. The molecule has 1 N–H and O–H groups in total. The number of hydrogen-bond acceptors (Lipinski definition) is 3. The molecular formula is C11H20O4. The van der Waals surface area contributed by atoms with Gasteiger partial charge in [-0.2, -0.15) is 0 Å². The Hall–Kier alpha value is -1.06. The molecule has 4 heteroatoms. The van der Waals surface area contributed by atoms with Crippen molar-refractivity contribution >= 4 is 11.9 Å². The first-order chi connectivity index (χ1) is 7.05. The van der Waals surface area contributed by atoms with Crippen LogP contribution in [0.15, 0.2) is 0 Å².